The van der Waals surface area contributed by atoms with Crippen molar-refractivity contribution in [1.29, 1.82) is 0 Å². The van der Waals surface area contributed by atoms with Crippen molar-refractivity contribution in [3.05, 3.63) is 66.7 Å². The van der Waals surface area contributed by atoms with Crippen molar-refractivity contribution >= 4 is 29.3 Å². The number of carbonyl (C=O) groups excluding carboxylic acids is 2. The molecule has 2 amide bonds. The van der Waals surface area contributed by atoms with Gasteiger partial charge in [-0.15, -0.1) is 11.8 Å². The second-order valence-electron chi connectivity index (χ2n) is 6.55. The monoisotopic (exact) mass is 396 g/mol. The number of hydrogen-bond donors (Lipinski definition) is 0. The number of ether oxygens (including phenoxy) is 1. The quantitative estimate of drug-likeness (QED) is 0.638. The van der Waals surface area contributed by atoms with E-state index < -0.39 is 0 Å². The molecule has 0 atom stereocenters. The van der Waals surface area contributed by atoms with Crippen LogP contribution in [0.5, 0.6) is 5.75 Å². The van der Waals surface area contributed by atoms with Gasteiger partial charge in [-0.05, 0) is 29.8 Å². The van der Waals surface area contributed by atoms with Crippen LogP contribution in [0.1, 0.15) is 12.0 Å². The van der Waals surface area contributed by atoms with Crippen LogP contribution in [0.25, 0.3) is 0 Å². The molecule has 6 heteroatoms. The van der Waals surface area contributed by atoms with Gasteiger partial charge in [0, 0.05) is 31.5 Å². The molecule has 0 saturated carbocycles. The first-order chi connectivity index (χ1) is 13.6. The average molecular weight is 397 g/mol. The lowest BCUT2D eigenvalue weighted by Crippen LogP contribution is -2.38. The van der Waals surface area contributed by atoms with Crippen LogP contribution in [0, 0.1) is 0 Å². The Morgan fingerprint density at radius 3 is 2.75 bits per heavy atom. The summed E-state index contributed by atoms with van der Waals surface area (Å²) < 4.78 is 5.47. The third-order valence-electron chi connectivity index (χ3n) is 4.49. The van der Waals surface area contributed by atoms with E-state index >= 15 is 0 Å². The van der Waals surface area contributed by atoms with Crippen molar-refractivity contribution in [2.45, 2.75) is 17.9 Å². The summed E-state index contributed by atoms with van der Waals surface area (Å²) >= 11 is 1.55. The fraction of sp³-hybridized carbons (Fsp3) is 0.273. The second kappa shape index (κ2) is 9.46. The van der Waals surface area contributed by atoms with Crippen LogP contribution in [-0.2, 0) is 16.1 Å². The molecule has 146 valence electrons. The number of para-hydroxylation sites is 1. The van der Waals surface area contributed by atoms with Crippen LogP contribution >= 0.6 is 11.8 Å². The van der Waals surface area contributed by atoms with E-state index in [4.69, 9.17) is 4.74 Å². The first-order valence-electron chi connectivity index (χ1n) is 9.17. The maximum Gasteiger partial charge on any atom is 0.237 e. The molecule has 0 N–H and O–H groups in total. The molecule has 0 unspecified atom stereocenters. The van der Waals surface area contributed by atoms with Crippen molar-refractivity contribution in [3.63, 3.8) is 0 Å². The van der Waals surface area contributed by atoms with E-state index in [1.165, 1.54) is 0 Å². The van der Waals surface area contributed by atoms with Crippen LogP contribution < -0.4 is 9.64 Å². The minimum atomic E-state index is 0.00971. The highest BCUT2D eigenvalue weighted by Crippen LogP contribution is 2.34. The van der Waals surface area contributed by atoms with Gasteiger partial charge in [0.15, 0.2) is 0 Å². The molecule has 2 aromatic carbocycles. The van der Waals surface area contributed by atoms with Gasteiger partial charge >= 0.3 is 0 Å². The maximum absolute atomic E-state index is 12.6. The molecular formula is C22H24N2O3S. The first-order valence-corrected chi connectivity index (χ1v) is 10.2. The minimum absolute atomic E-state index is 0.00971. The van der Waals surface area contributed by atoms with Gasteiger partial charge in [-0.3, -0.25) is 9.59 Å². The van der Waals surface area contributed by atoms with Crippen molar-refractivity contribution in [2.75, 3.05) is 30.9 Å². The molecular weight excluding hydrogens is 372 g/mol. The number of amides is 2. The summed E-state index contributed by atoms with van der Waals surface area (Å²) in [6.45, 7) is 5.00. The van der Waals surface area contributed by atoms with E-state index in [2.05, 4.69) is 6.58 Å². The molecule has 0 radical (unpaired) electrons. The summed E-state index contributed by atoms with van der Waals surface area (Å²) in [5, 5.41) is 0. The zero-order valence-corrected chi connectivity index (χ0v) is 16.8. The lowest BCUT2D eigenvalue weighted by molar-refractivity contribution is -0.130. The smallest absolute Gasteiger partial charge is 0.237 e. The van der Waals surface area contributed by atoms with Crippen molar-refractivity contribution < 1.29 is 14.3 Å². The number of thioether (sulfide) groups is 1. The minimum Gasteiger partial charge on any atom is -0.490 e. The summed E-state index contributed by atoms with van der Waals surface area (Å²) in [5.41, 5.74) is 1.92. The summed E-state index contributed by atoms with van der Waals surface area (Å²) in [4.78, 5) is 29.4. The largest absolute Gasteiger partial charge is 0.490 e. The molecule has 5 nitrogen and oxygen atoms in total. The molecule has 1 heterocycles. The van der Waals surface area contributed by atoms with E-state index in [0.717, 1.165) is 21.9 Å². The molecule has 1 aliphatic heterocycles. The number of benzene rings is 2. The zero-order chi connectivity index (χ0) is 19.9. The van der Waals surface area contributed by atoms with Crippen molar-refractivity contribution in [3.8, 4) is 5.75 Å². The fourth-order valence-corrected chi connectivity index (χ4v) is 3.94. The topological polar surface area (TPSA) is 49.9 Å². The maximum atomic E-state index is 12.6. The van der Waals surface area contributed by atoms with E-state index in [9.17, 15) is 9.59 Å². The molecule has 1 aliphatic rings. The van der Waals surface area contributed by atoms with Crippen LogP contribution in [-0.4, -0.2) is 42.7 Å². The van der Waals surface area contributed by atoms with Gasteiger partial charge in [0.2, 0.25) is 11.8 Å². The molecule has 2 aromatic rings. The first kappa shape index (κ1) is 20.0. The summed E-state index contributed by atoms with van der Waals surface area (Å²) in [6.07, 6.45) is 1.99. The normalized spacial score (nSPS) is 13.0. The Kier molecular flexibility index (Phi) is 6.76. The Bertz CT molecular complexity index is 851. The molecule has 0 saturated heterocycles. The molecule has 3 rings (SSSR count). The van der Waals surface area contributed by atoms with Gasteiger partial charge < -0.3 is 14.5 Å². The average Bonchev–Trinajstić information content (AvgIpc) is 2.72. The van der Waals surface area contributed by atoms with Crippen molar-refractivity contribution in [2.24, 2.45) is 0 Å². The standard InChI is InChI=1S/C22H24N2O3S/c1-3-14-27-18-10-8-17(9-11-18)15-23(2)21(25)12-13-24-19-6-4-5-7-20(19)28-16-22(24)26/h3-11H,1,12-16H2,2H3. The molecule has 0 spiro atoms. The second-order valence-corrected chi connectivity index (χ2v) is 7.56. The highest BCUT2D eigenvalue weighted by molar-refractivity contribution is 8.00. The van der Waals surface area contributed by atoms with Crippen LogP contribution in [0.15, 0.2) is 66.1 Å². The van der Waals surface area contributed by atoms with Crippen LogP contribution in [0.2, 0.25) is 0 Å². The van der Waals surface area contributed by atoms with E-state index in [1.54, 1.807) is 34.7 Å². The highest BCUT2D eigenvalue weighted by Gasteiger charge is 2.25. The van der Waals surface area contributed by atoms with Crippen LogP contribution in [0.3, 0.4) is 0 Å². The SMILES string of the molecule is C=CCOc1ccc(CN(C)C(=O)CCN2C(=O)CSc3ccccc32)cc1. The van der Waals surface area contributed by atoms with Gasteiger partial charge in [0.1, 0.15) is 12.4 Å². The van der Waals surface area contributed by atoms with E-state index in [1.807, 2.05) is 48.5 Å². The molecule has 28 heavy (non-hydrogen) atoms. The molecule has 0 bridgehead atoms. The van der Waals surface area contributed by atoms with Gasteiger partial charge in [-0.2, -0.15) is 0 Å². The Labute approximate surface area is 170 Å². The number of nitrogens with zero attached hydrogens (tertiary/aromatic N) is 2. The molecule has 0 aliphatic carbocycles. The fourth-order valence-electron chi connectivity index (χ4n) is 3.01. The third kappa shape index (κ3) is 4.95. The lowest BCUT2D eigenvalue weighted by Gasteiger charge is -2.29. The van der Waals surface area contributed by atoms with Gasteiger partial charge in [-0.25, -0.2) is 0 Å². The summed E-state index contributed by atoms with van der Waals surface area (Å²) in [7, 11) is 1.78. The van der Waals surface area contributed by atoms with Gasteiger partial charge in [0.25, 0.3) is 0 Å². The Morgan fingerprint density at radius 2 is 2.00 bits per heavy atom. The third-order valence-corrected chi connectivity index (χ3v) is 5.54. The van der Waals surface area contributed by atoms with Crippen LogP contribution in [0.4, 0.5) is 5.69 Å². The summed E-state index contributed by atoms with van der Waals surface area (Å²) in [5.74, 6) is 1.25. The van der Waals surface area contributed by atoms with Gasteiger partial charge in [0.05, 0.1) is 11.4 Å². The Morgan fingerprint density at radius 1 is 1.25 bits per heavy atom. The number of anilines is 1. The Hall–Kier alpha value is -2.73. The molecule has 0 fully saturated rings. The van der Waals surface area contributed by atoms with Crippen molar-refractivity contribution in [1.82, 2.24) is 4.90 Å². The van der Waals surface area contributed by atoms with Gasteiger partial charge in [-0.1, -0.05) is 36.9 Å². The molecule has 0 aromatic heterocycles. The zero-order valence-electron chi connectivity index (χ0n) is 16.0. The lowest BCUT2D eigenvalue weighted by atomic mass is 10.2. The predicted molar refractivity (Wildman–Crippen MR) is 113 cm³/mol. The number of rotatable bonds is 8. The van der Waals surface area contributed by atoms with E-state index in [0.29, 0.717) is 31.9 Å². The predicted octanol–water partition coefficient (Wildman–Crippen LogP) is 3.74. The number of fused-ring (bicyclic) bond motifs is 1. The number of hydrogen-bond acceptors (Lipinski definition) is 4. The number of carbonyl (C=O) groups is 2. The Balaban J connectivity index is 1.55. The van der Waals surface area contributed by atoms with E-state index in [-0.39, 0.29) is 11.8 Å². The summed E-state index contributed by atoms with van der Waals surface area (Å²) in [6, 6.07) is 15.5. The highest BCUT2D eigenvalue weighted by atomic mass is 32.2.